The number of hydrogen-bond donors (Lipinski definition) is 4. The summed E-state index contributed by atoms with van der Waals surface area (Å²) in [6, 6.07) is 16.2. The van der Waals surface area contributed by atoms with E-state index in [1.165, 1.54) is 17.2 Å². The number of urea groups is 1. The molecule has 0 unspecified atom stereocenters. The molecular weight excluding hydrogens is 757 g/mol. The highest BCUT2D eigenvalue weighted by molar-refractivity contribution is 8.02. The Balaban J connectivity index is 1.22. The van der Waals surface area contributed by atoms with Crippen molar-refractivity contribution >= 4 is 69.8 Å². The Hall–Kier alpha value is -5.73. The monoisotopic (exact) mass is 794 g/mol. The summed E-state index contributed by atoms with van der Waals surface area (Å²) in [6.07, 6.45) is -2.94. The minimum absolute atomic E-state index is 0.0239. The number of nitrogens with one attached hydrogen (secondary N) is 2. The zero-order chi connectivity index (χ0) is 39.7. The first-order valence-electron chi connectivity index (χ1n) is 16.9. The first kappa shape index (κ1) is 39.0. The molecule has 5 N–H and O–H groups in total. The van der Waals surface area contributed by atoms with Crippen LogP contribution in [0.4, 0.5) is 14.7 Å². The van der Waals surface area contributed by atoms with E-state index < -0.39 is 75.7 Å². The molecule has 3 fully saturated rings. The van der Waals surface area contributed by atoms with E-state index in [4.69, 9.17) is 20.2 Å². The Labute approximate surface area is 322 Å². The minimum atomic E-state index is -1.84. The van der Waals surface area contributed by atoms with Crippen molar-refractivity contribution in [3.8, 4) is 0 Å². The van der Waals surface area contributed by atoms with E-state index >= 15 is 0 Å². The Morgan fingerprint density at radius 1 is 1.04 bits per heavy atom. The number of oxime groups is 1. The average Bonchev–Trinajstić information content (AvgIpc) is 3.85. The van der Waals surface area contributed by atoms with Crippen molar-refractivity contribution in [3.63, 3.8) is 0 Å². The Morgan fingerprint density at radius 2 is 1.67 bits per heavy atom. The van der Waals surface area contributed by atoms with Gasteiger partial charge >= 0.3 is 24.1 Å². The van der Waals surface area contributed by atoms with Gasteiger partial charge in [0.25, 0.3) is 5.91 Å². The molecule has 6 rings (SSSR count). The standard InChI is InChI=1S/C35H38N8O10S2/c1-19(29(46)51-25(20-11-7-5-8-12-20)21-13-9-6-10-14-21)53-40-23(22-17-54-31(37-22)39-32(49)52-34(2,3)4)26(44)38-24-27(45)41-18-35(30(47)48,55-28(24)41)42-15-16-43(36)33(42)50/h5-14,17,19,24-25,28H,15-16,18,36H2,1-4H3,(H,38,44)(H,47,48)(H,37,39,49)/b40-23-/t19-,24-,28-,35-/m1/s1. The average molecular weight is 795 g/mol. The molecule has 290 valence electrons. The van der Waals surface area contributed by atoms with E-state index in [1.54, 1.807) is 20.8 Å². The van der Waals surface area contributed by atoms with Gasteiger partial charge in [0, 0.05) is 11.9 Å². The fourth-order valence-corrected chi connectivity index (χ4v) is 8.23. The molecule has 18 nitrogen and oxygen atoms in total. The first-order valence-corrected chi connectivity index (χ1v) is 18.7. The number of ether oxygens (including phenoxy) is 2. The van der Waals surface area contributed by atoms with Gasteiger partial charge in [-0.3, -0.25) is 24.8 Å². The number of carboxylic acid groups (broad SMARTS) is 1. The Morgan fingerprint density at radius 3 is 2.24 bits per heavy atom. The lowest BCUT2D eigenvalue weighted by Crippen LogP contribution is -2.68. The molecule has 0 saturated carbocycles. The predicted molar refractivity (Wildman–Crippen MR) is 198 cm³/mol. The number of amides is 5. The predicted octanol–water partition coefficient (Wildman–Crippen LogP) is 2.72. The van der Waals surface area contributed by atoms with Crippen LogP contribution < -0.4 is 16.5 Å². The van der Waals surface area contributed by atoms with Gasteiger partial charge in [-0.15, -0.1) is 11.3 Å². The molecule has 1 aromatic heterocycles. The number of thiazole rings is 1. The van der Waals surface area contributed by atoms with Gasteiger partial charge in [0.05, 0.1) is 13.1 Å². The maximum absolute atomic E-state index is 13.9. The maximum atomic E-state index is 13.9. The SMILES string of the molecule is C[C@@H](O/N=C(\C(=O)N[C@@H]1C(=O)N2C[C@@](C(=O)O)(N3CCN(N)C3=O)S[C@H]12)c1csc(NC(=O)OC(C)(C)C)n1)C(=O)OC(c1ccccc1)c1ccccc1. The molecule has 5 amide bonds. The smallest absolute Gasteiger partial charge is 0.413 e. The molecule has 3 aliphatic heterocycles. The third-order valence-electron chi connectivity index (χ3n) is 8.58. The summed E-state index contributed by atoms with van der Waals surface area (Å²) in [6.45, 7) is 6.21. The highest BCUT2D eigenvalue weighted by atomic mass is 32.2. The number of carbonyl (C=O) groups is 6. The number of hydrazine groups is 1. The van der Waals surface area contributed by atoms with Crippen LogP contribution in [0.15, 0.2) is 71.2 Å². The number of benzene rings is 2. The molecule has 20 heteroatoms. The first-order chi connectivity index (χ1) is 26.1. The van der Waals surface area contributed by atoms with E-state index in [0.29, 0.717) is 11.1 Å². The number of carbonyl (C=O) groups excluding carboxylic acids is 5. The molecule has 3 aromatic rings. The number of thioether (sulfide) groups is 1. The molecule has 55 heavy (non-hydrogen) atoms. The summed E-state index contributed by atoms with van der Waals surface area (Å²) in [5.74, 6) is 1.99. The van der Waals surface area contributed by atoms with Crippen LogP contribution in [0.5, 0.6) is 0 Å². The van der Waals surface area contributed by atoms with Crippen molar-refractivity contribution in [1.29, 1.82) is 0 Å². The molecule has 4 heterocycles. The number of aliphatic carboxylic acids is 1. The lowest BCUT2D eigenvalue weighted by Gasteiger charge is -2.41. The van der Waals surface area contributed by atoms with Gasteiger partial charge in [-0.2, -0.15) is 0 Å². The van der Waals surface area contributed by atoms with Crippen molar-refractivity contribution in [2.75, 3.05) is 25.0 Å². The van der Waals surface area contributed by atoms with E-state index in [0.717, 1.165) is 33.0 Å². The van der Waals surface area contributed by atoms with Crippen LogP contribution >= 0.6 is 23.1 Å². The fraction of sp³-hybridized carbons (Fsp3) is 0.371. The number of fused-ring (bicyclic) bond motifs is 1. The van der Waals surface area contributed by atoms with Crippen molar-refractivity contribution in [1.82, 2.24) is 25.1 Å². The highest BCUT2D eigenvalue weighted by Crippen LogP contribution is 2.49. The third kappa shape index (κ3) is 8.20. The fourth-order valence-electron chi connectivity index (χ4n) is 5.91. The zero-order valence-corrected chi connectivity index (χ0v) is 31.7. The second-order valence-corrected chi connectivity index (χ2v) is 15.9. The van der Waals surface area contributed by atoms with E-state index in [1.807, 2.05) is 60.7 Å². The zero-order valence-electron chi connectivity index (χ0n) is 30.0. The number of nitrogens with zero attached hydrogens (tertiary/aromatic N) is 5. The molecule has 0 aliphatic carbocycles. The summed E-state index contributed by atoms with van der Waals surface area (Å²) in [7, 11) is 0. The number of β-lactam (4-membered cyclic amide) rings is 1. The van der Waals surface area contributed by atoms with Gasteiger partial charge in [-0.05, 0) is 38.8 Å². The third-order valence-corrected chi connectivity index (χ3v) is 11.0. The molecule has 0 spiro atoms. The van der Waals surface area contributed by atoms with Crippen LogP contribution in [0.25, 0.3) is 0 Å². The van der Waals surface area contributed by atoms with Crippen molar-refractivity contribution in [2.45, 2.75) is 61.8 Å². The lowest BCUT2D eigenvalue weighted by atomic mass is 10.0. The maximum Gasteiger partial charge on any atom is 0.413 e. The number of anilines is 1. The van der Waals surface area contributed by atoms with Crippen LogP contribution in [0, 0.1) is 0 Å². The van der Waals surface area contributed by atoms with Crippen molar-refractivity contribution in [3.05, 3.63) is 82.9 Å². The summed E-state index contributed by atoms with van der Waals surface area (Å²) in [4.78, 5) is 88.6. The second-order valence-electron chi connectivity index (χ2n) is 13.6. The van der Waals surface area contributed by atoms with Gasteiger partial charge in [-0.25, -0.2) is 30.0 Å². The van der Waals surface area contributed by atoms with E-state index in [2.05, 4.69) is 20.8 Å². The van der Waals surface area contributed by atoms with Crippen molar-refractivity contribution in [2.24, 2.45) is 11.0 Å². The quantitative estimate of drug-likeness (QED) is 0.0516. The summed E-state index contributed by atoms with van der Waals surface area (Å²) < 4.78 is 11.1. The van der Waals surface area contributed by atoms with Gasteiger partial charge in [0.2, 0.25) is 16.9 Å². The van der Waals surface area contributed by atoms with Crippen molar-refractivity contribution < 1.29 is 48.2 Å². The topological polar surface area (TPSA) is 235 Å². The molecular formula is C35H38N8O10S2. The van der Waals surface area contributed by atoms with Crippen LogP contribution in [-0.4, -0.2) is 114 Å². The van der Waals surface area contributed by atoms with Crippen LogP contribution in [0.2, 0.25) is 0 Å². The van der Waals surface area contributed by atoms with Gasteiger partial charge in [0.1, 0.15) is 22.7 Å². The molecule has 4 atom stereocenters. The van der Waals surface area contributed by atoms with Gasteiger partial charge < -0.3 is 29.6 Å². The summed E-state index contributed by atoms with van der Waals surface area (Å²) in [5.41, 5.74) is 0.0454. The Bertz CT molecular complexity index is 1970. The molecule has 2 aromatic carbocycles. The largest absolute Gasteiger partial charge is 0.479 e. The van der Waals surface area contributed by atoms with E-state index in [9.17, 15) is 33.9 Å². The number of esters is 1. The van der Waals surface area contributed by atoms with Crippen LogP contribution in [0.3, 0.4) is 0 Å². The van der Waals surface area contributed by atoms with Crippen LogP contribution in [0.1, 0.15) is 50.6 Å². The molecule has 0 radical (unpaired) electrons. The Kier molecular flexibility index (Phi) is 11.0. The lowest BCUT2D eigenvalue weighted by molar-refractivity contribution is -0.160. The molecule has 3 aliphatic rings. The normalized spacial score (nSPS) is 21.5. The molecule has 0 bridgehead atoms. The number of rotatable bonds is 12. The minimum Gasteiger partial charge on any atom is -0.479 e. The summed E-state index contributed by atoms with van der Waals surface area (Å²) in [5, 5.41) is 20.7. The molecule has 3 saturated heterocycles. The van der Waals surface area contributed by atoms with Crippen LogP contribution in [-0.2, 0) is 33.5 Å². The number of hydrogen-bond acceptors (Lipinski definition) is 14. The number of carboxylic acids is 1. The highest BCUT2D eigenvalue weighted by Gasteiger charge is 2.66. The second kappa shape index (κ2) is 15.6. The number of nitrogens with two attached hydrogens (primary N) is 1. The number of aromatic nitrogens is 1. The van der Waals surface area contributed by atoms with E-state index in [-0.39, 0.29) is 30.5 Å². The summed E-state index contributed by atoms with van der Waals surface area (Å²) >= 11 is 1.76. The van der Waals surface area contributed by atoms with Gasteiger partial charge in [0.15, 0.2) is 16.9 Å². The van der Waals surface area contributed by atoms with Gasteiger partial charge in [-0.1, -0.05) is 77.6 Å².